The van der Waals surface area contributed by atoms with Crippen LogP contribution in [0.2, 0.25) is 5.02 Å². The van der Waals surface area contributed by atoms with Crippen molar-refractivity contribution in [3.05, 3.63) is 82.5 Å². The number of aromatic nitrogens is 2. The van der Waals surface area contributed by atoms with Crippen molar-refractivity contribution in [2.24, 2.45) is 0 Å². The number of anilines is 2. The summed E-state index contributed by atoms with van der Waals surface area (Å²) in [6, 6.07) is 18.5. The number of carbonyl (C=O) groups is 1. The zero-order chi connectivity index (χ0) is 17.6. The molecule has 0 saturated carbocycles. The molecule has 0 saturated heterocycles. The highest BCUT2D eigenvalue weighted by Gasteiger charge is 2.10. The summed E-state index contributed by atoms with van der Waals surface area (Å²) in [4.78, 5) is 12.2. The van der Waals surface area contributed by atoms with Gasteiger partial charge in [0.1, 0.15) is 5.82 Å². The van der Waals surface area contributed by atoms with Crippen LogP contribution in [0.4, 0.5) is 11.5 Å². The van der Waals surface area contributed by atoms with Gasteiger partial charge in [0.2, 0.25) is 0 Å². The first-order valence-corrected chi connectivity index (χ1v) is 8.19. The van der Waals surface area contributed by atoms with Crippen LogP contribution in [0.25, 0.3) is 0 Å². The Labute approximate surface area is 151 Å². The Morgan fingerprint density at radius 2 is 1.76 bits per heavy atom. The number of halogens is 1. The van der Waals surface area contributed by atoms with Crippen molar-refractivity contribution >= 4 is 29.0 Å². The fraction of sp³-hybridized carbons (Fsp3) is 0.105. The summed E-state index contributed by atoms with van der Waals surface area (Å²) in [5.41, 5.74) is 3.16. The molecule has 6 heteroatoms. The highest BCUT2D eigenvalue weighted by molar-refractivity contribution is 6.33. The third kappa shape index (κ3) is 4.33. The fourth-order valence-electron chi connectivity index (χ4n) is 2.29. The minimum atomic E-state index is -0.356. The summed E-state index contributed by atoms with van der Waals surface area (Å²) >= 11 is 6.03. The Morgan fingerprint density at radius 3 is 2.48 bits per heavy atom. The molecule has 1 amide bonds. The molecule has 2 N–H and O–H groups in total. The number of para-hydroxylation sites is 1. The number of aryl methyl sites for hydroxylation is 1. The molecular formula is C19H17ClN4O. The molecule has 0 aliphatic heterocycles. The monoisotopic (exact) mass is 352 g/mol. The largest absolute Gasteiger partial charge is 0.364 e. The molecule has 0 unspecified atom stereocenters. The van der Waals surface area contributed by atoms with Gasteiger partial charge in [0.05, 0.1) is 10.7 Å². The Hall–Kier alpha value is -2.92. The number of rotatable bonds is 5. The van der Waals surface area contributed by atoms with Gasteiger partial charge in [-0.3, -0.25) is 4.79 Å². The minimum absolute atomic E-state index is 0.223. The van der Waals surface area contributed by atoms with E-state index in [1.54, 1.807) is 36.4 Å². The first-order chi connectivity index (χ1) is 12.1. The number of benzene rings is 2. The highest BCUT2D eigenvalue weighted by atomic mass is 35.5. The molecule has 0 aliphatic carbocycles. The van der Waals surface area contributed by atoms with Crippen molar-refractivity contribution in [1.29, 1.82) is 0 Å². The van der Waals surface area contributed by atoms with Gasteiger partial charge >= 0.3 is 0 Å². The maximum atomic E-state index is 12.2. The topological polar surface area (TPSA) is 66.9 Å². The van der Waals surface area contributed by atoms with Gasteiger partial charge in [-0.15, -0.1) is 10.2 Å². The number of amides is 1. The van der Waals surface area contributed by atoms with Crippen molar-refractivity contribution in [3.8, 4) is 0 Å². The van der Waals surface area contributed by atoms with Gasteiger partial charge in [0, 0.05) is 6.54 Å². The van der Waals surface area contributed by atoms with E-state index in [4.69, 9.17) is 11.6 Å². The van der Waals surface area contributed by atoms with Crippen molar-refractivity contribution in [3.63, 3.8) is 0 Å². The van der Waals surface area contributed by atoms with Crippen LogP contribution in [0.15, 0.2) is 60.7 Å². The molecule has 1 aromatic heterocycles. The van der Waals surface area contributed by atoms with Crippen molar-refractivity contribution < 1.29 is 4.79 Å². The van der Waals surface area contributed by atoms with E-state index < -0.39 is 0 Å². The minimum Gasteiger partial charge on any atom is -0.364 e. The molecule has 0 fully saturated rings. The van der Waals surface area contributed by atoms with Crippen LogP contribution in [0.1, 0.15) is 21.6 Å². The zero-order valence-electron chi connectivity index (χ0n) is 13.7. The lowest BCUT2D eigenvalue weighted by molar-refractivity contribution is 0.102. The van der Waals surface area contributed by atoms with Gasteiger partial charge < -0.3 is 10.6 Å². The molecule has 126 valence electrons. The molecule has 3 aromatic rings. The van der Waals surface area contributed by atoms with Crippen LogP contribution in [0, 0.1) is 6.92 Å². The smallest absolute Gasteiger partial charge is 0.276 e. The van der Waals surface area contributed by atoms with Gasteiger partial charge in [0.15, 0.2) is 5.69 Å². The first-order valence-electron chi connectivity index (χ1n) is 7.81. The molecule has 5 nitrogen and oxygen atoms in total. The maximum Gasteiger partial charge on any atom is 0.276 e. The van der Waals surface area contributed by atoms with E-state index >= 15 is 0 Å². The summed E-state index contributed by atoms with van der Waals surface area (Å²) in [6.45, 7) is 2.71. The molecule has 0 atom stereocenters. The molecule has 0 spiro atoms. The SMILES string of the molecule is Cc1ccccc1CNc1ccc(C(=O)Nc2ccccc2Cl)nn1. The normalized spacial score (nSPS) is 10.3. The molecule has 2 aromatic carbocycles. The standard InChI is InChI=1S/C19H17ClN4O/c1-13-6-2-3-7-14(13)12-21-18-11-10-17(23-24-18)19(25)22-16-9-5-4-8-15(16)20/h2-11H,12H2,1H3,(H,21,24)(H,22,25). The molecular weight excluding hydrogens is 336 g/mol. The summed E-state index contributed by atoms with van der Waals surface area (Å²) in [5.74, 6) is 0.253. The quantitative estimate of drug-likeness (QED) is 0.718. The van der Waals surface area contributed by atoms with E-state index in [-0.39, 0.29) is 11.6 Å². The molecule has 0 radical (unpaired) electrons. The second-order valence-electron chi connectivity index (χ2n) is 5.52. The van der Waals surface area contributed by atoms with Crippen LogP contribution in [0.5, 0.6) is 0 Å². The predicted molar refractivity (Wildman–Crippen MR) is 99.9 cm³/mol. The highest BCUT2D eigenvalue weighted by Crippen LogP contribution is 2.21. The van der Waals surface area contributed by atoms with Crippen LogP contribution in [0.3, 0.4) is 0 Å². The van der Waals surface area contributed by atoms with Crippen LogP contribution < -0.4 is 10.6 Å². The van der Waals surface area contributed by atoms with Crippen LogP contribution in [-0.2, 0) is 6.54 Å². The average Bonchev–Trinajstić information content (AvgIpc) is 2.63. The van der Waals surface area contributed by atoms with Gasteiger partial charge in [-0.1, -0.05) is 48.0 Å². The van der Waals surface area contributed by atoms with Crippen LogP contribution in [-0.4, -0.2) is 16.1 Å². The summed E-state index contributed by atoms with van der Waals surface area (Å²) in [7, 11) is 0. The third-order valence-corrected chi connectivity index (χ3v) is 4.07. The molecule has 0 bridgehead atoms. The predicted octanol–water partition coefficient (Wildman–Crippen LogP) is 4.30. The summed E-state index contributed by atoms with van der Waals surface area (Å²) < 4.78 is 0. The number of hydrogen-bond donors (Lipinski definition) is 2. The first kappa shape index (κ1) is 16.9. The van der Waals surface area contributed by atoms with E-state index in [1.165, 1.54) is 11.1 Å². The second kappa shape index (κ2) is 7.77. The third-order valence-electron chi connectivity index (χ3n) is 3.74. The zero-order valence-corrected chi connectivity index (χ0v) is 14.4. The molecule has 0 aliphatic rings. The van der Waals surface area contributed by atoms with E-state index in [0.717, 1.165) is 0 Å². The Kier molecular flexibility index (Phi) is 5.26. The lowest BCUT2D eigenvalue weighted by Gasteiger charge is -2.09. The van der Waals surface area contributed by atoms with E-state index in [9.17, 15) is 4.79 Å². The Balaban J connectivity index is 1.63. The lowest BCUT2D eigenvalue weighted by atomic mass is 10.1. The van der Waals surface area contributed by atoms with Crippen molar-refractivity contribution in [2.45, 2.75) is 13.5 Å². The fourth-order valence-corrected chi connectivity index (χ4v) is 2.47. The van der Waals surface area contributed by atoms with Gasteiger partial charge in [-0.05, 0) is 42.3 Å². The summed E-state index contributed by atoms with van der Waals surface area (Å²) in [5, 5.41) is 14.4. The van der Waals surface area contributed by atoms with Gasteiger partial charge in [-0.25, -0.2) is 0 Å². The van der Waals surface area contributed by atoms with E-state index in [2.05, 4.69) is 39.9 Å². The van der Waals surface area contributed by atoms with E-state index in [0.29, 0.717) is 23.1 Å². The van der Waals surface area contributed by atoms with Crippen molar-refractivity contribution in [2.75, 3.05) is 10.6 Å². The number of carbonyl (C=O) groups excluding carboxylic acids is 1. The maximum absolute atomic E-state index is 12.2. The average molecular weight is 353 g/mol. The number of nitrogens with zero attached hydrogens (tertiary/aromatic N) is 2. The van der Waals surface area contributed by atoms with Gasteiger partial charge in [0.25, 0.3) is 5.91 Å². The molecule has 25 heavy (non-hydrogen) atoms. The Bertz CT molecular complexity index is 881. The Morgan fingerprint density at radius 1 is 1.00 bits per heavy atom. The number of nitrogens with one attached hydrogen (secondary N) is 2. The van der Waals surface area contributed by atoms with Gasteiger partial charge in [-0.2, -0.15) is 0 Å². The van der Waals surface area contributed by atoms with Crippen LogP contribution >= 0.6 is 11.6 Å². The second-order valence-corrected chi connectivity index (χ2v) is 5.93. The lowest BCUT2D eigenvalue weighted by Crippen LogP contribution is -2.15. The van der Waals surface area contributed by atoms with Crippen molar-refractivity contribution in [1.82, 2.24) is 10.2 Å². The summed E-state index contributed by atoms with van der Waals surface area (Å²) in [6.07, 6.45) is 0. The molecule has 3 rings (SSSR count). The number of hydrogen-bond acceptors (Lipinski definition) is 4. The molecule has 1 heterocycles. The van der Waals surface area contributed by atoms with E-state index in [1.807, 2.05) is 12.1 Å².